The first-order valence-corrected chi connectivity index (χ1v) is 11.7. The Kier molecular flexibility index (Phi) is 7.15. The molecule has 4 rings (SSSR count). The molecule has 0 bridgehead atoms. The number of carbonyl (C=O) groups is 3. The Morgan fingerprint density at radius 3 is 2.60 bits per heavy atom. The van der Waals surface area contributed by atoms with Crippen molar-refractivity contribution in [3.63, 3.8) is 0 Å². The van der Waals surface area contributed by atoms with E-state index < -0.39 is 22.8 Å². The van der Waals surface area contributed by atoms with Crippen molar-refractivity contribution < 1.29 is 28.8 Å². The zero-order valence-electron chi connectivity index (χ0n) is 18.8. The summed E-state index contributed by atoms with van der Waals surface area (Å²) in [5.41, 5.74) is 0.889. The monoisotopic (exact) mass is 543 g/mol. The van der Waals surface area contributed by atoms with Gasteiger partial charge in [0.15, 0.2) is 11.5 Å². The van der Waals surface area contributed by atoms with E-state index in [0.29, 0.717) is 27.1 Å². The number of benzene rings is 2. The van der Waals surface area contributed by atoms with Gasteiger partial charge in [-0.1, -0.05) is 40.9 Å². The highest BCUT2D eigenvalue weighted by atomic mass is 79.9. The van der Waals surface area contributed by atoms with Gasteiger partial charge in [0.2, 0.25) is 0 Å². The van der Waals surface area contributed by atoms with Crippen molar-refractivity contribution >= 4 is 45.5 Å². The molecule has 35 heavy (non-hydrogen) atoms. The smallest absolute Gasteiger partial charge is 0.331 e. The van der Waals surface area contributed by atoms with E-state index in [1.807, 2.05) is 0 Å². The molecule has 2 aliphatic rings. The van der Waals surface area contributed by atoms with Crippen LogP contribution in [0.1, 0.15) is 36.8 Å². The fraction of sp³-hybridized carbons (Fsp3) is 0.292. The highest BCUT2D eigenvalue weighted by Crippen LogP contribution is 2.36. The molecule has 11 heteroatoms. The zero-order chi connectivity index (χ0) is 25.1. The molecule has 0 atom stereocenters. The summed E-state index contributed by atoms with van der Waals surface area (Å²) < 4.78 is 11.8. The van der Waals surface area contributed by atoms with Crippen LogP contribution in [0.3, 0.4) is 0 Å². The van der Waals surface area contributed by atoms with Crippen molar-refractivity contribution in [2.45, 2.75) is 38.3 Å². The van der Waals surface area contributed by atoms with Crippen LogP contribution >= 0.6 is 15.9 Å². The minimum atomic E-state index is -0.758. The van der Waals surface area contributed by atoms with Crippen LogP contribution in [0.5, 0.6) is 11.5 Å². The number of urea groups is 1. The van der Waals surface area contributed by atoms with Crippen molar-refractivity contribution in [1.29, 1.82) is 0 Å². The Morgan fingerprint density at radius 2 is 1.91 bits per heavy atom. The summed E-state index contributed by atoms with van der Waals surface area (Å²) in [6, 6.07) is 8.40. The van der Waals surface area contributed by atoms with Crippen LogP contribution < -0.4 is 14.8 Å². The molecule has 1 saturated carbocycles. The predicted octanol–water partition coefficient (Wildman–Crippen LogP) is 4.35. The number of non-ortho nitro benzene ring substituents is 1. The third-order valence-corrected chi connectivity index (χ3v) is 6.61. The molecular formula is C24H22BrN3O7. The van der Waals surface area contributed by atoms with Gasteiger partial charge >= 0.3 is 6.03 Å². The van der Waals surface area contributed by atoms with Gasteiger partial charge in [0.05, 0.1) is 12.0 Å². The number of amides is 4. The third kappa shape index (κ3) is 5.19. The molecule has 1 saturated heterocycles. The maximum absolute atomic E-state index is 13.1. The van der Waals surface area contributed by atoms with Gasteiger partial charge in [0.1, 0.15) is 12.2 Å². The van der Waals surface area contributed by atoms with Gasteiger partial charge < -0.3 is 9.47 Å². The van der Waals surface area contributed by atoms with Gasteiger partial charge in [-0.25, -0.2) is 4.79 Å². The Bertz CT molecular complexity index is 1240. The van der Waals surface area contributed by atoms with Gasteiger partial charge in [0.25, 0.3) is 17.5 Å². The number of methoxy groups -OCH3 is 1. The minimum absolute atomic E-state index is 0.0400. The summed E-state index contributed by atoms with van der Waals surface area (Å²) in [5, 5.41) is 13.2. The molecule has 2 fully saturated rings. The summed E-state index contributed by atoms with van der Waals surface area (Å²) in [7, 11) is 1.44. The van der Waals surface area contributed by atoms with Crippen LogP contribution in [0.15, 0.2) is 46.4 Å². The van der Waals surface area contributed by atoms with Gasteiger partial charge in [-0.15, -0.1) is 0 Å². The van der Waals surface area contributed by atoms with Crippen molar-refractivity contribution in [2.75, 3.05) is 7.11 Å². The number of imide groups is 2. The van der Waals surface area contributed by atoms with E-state index in [1.54, 1.807) is 24.3 Å². The summed E-state index contributed by atoms with van der Waals surface area (Å²) in [4.78, 5) is 49.5. The number of hydrogen-bond acceptors (Lipinski definition) is 7. The molecule has 182 valence electrons. The summed E-state index contributed by atoms with van der Waals surface area (Å²) in [6.45, 7) is 0.0598. The number of halogens is 1. The second kappa shape index (κ2) is 10.3. The van der Waals surface area contributed by atoms with Gasteiger partial charge in [-0.2, -0.15) is 0 Å². The first kappa shape index (κ1) is 24.4. The number of nitro benzene ring substituents is 1. The normalized spacial score (nSPS) is 17.6. The van der Waals surface area contributed by atoms with Crippen molar-refractivity contribution in [2.24, 2.45) is 0 Å². The van der Waals surface area contributed by atoms with Crippen molar-refractivity contribution in [1.82, 2.24) is 10.2 Å². The summed E-state index contributed by atoms with van der Waals surface area (Å²) in [6.07, 6.45) is 4.69. The lowest BCUT2D eigenvalue weighted by Gasteiger charge is -2.31. The lowest BCUT2D eigenvalue weighted by atomic mass is 10.0. The Labute approximate surface area is 209 Å². The molecule has 2 aromatic carbocycles. The molecule has 1 aliphatic carbocycles. The zero-order valence-corrected chi connectivity index (χ0v) is 20.4. The molecule has 0 unspecified atom stereocenters. The highest BCUT2D eigenvalue weighted by Gasteiger charge is 2.40. The van der Waals surface area contributed by atoms with E-state index in [0.717, 1.165) is 30.6 Å². The number of ether oxygens (including phenoxy) is 2. The Hall–Kier alpha value is -3.73. The lowest BCUT2D eigenvalue weighted by Crippen LogP contribution is -2.57. The number of nitrogens with one attached hydrogen (secondary N) is 1. The maximum Gasteiger partial charge on any atom is 0.331 e. The molecule has 1 heterocycles. The van der Waals surface area contributed by atoms with Gasteiger partial charge in [-0.05, 0) is 42.2 Å². The summed E-state index contributed by atoms with van der Waals surface area (Å²) >= 11 is 3.43. The number of barbiturate groups is 1. The number of rotatable bonds is 7. The Morgan fingerprint density at radius 1 is 1.17 bits per heavy atom. The SMILES string of the molecule is COc1cc(/C=C2\C(=O)NC(=O)N(C3CCCC3)C2=O)c(Br)cc1OCc1cccc([N+](=O)[O-])c1. The fourth-order valence-electron chi connectivity index (χ4n) is 4.18. The summed E-state index contributed by atoms with van der Waals surface area (Å²) in [5.74, 6) is -0.693. The quantitative estimate of drug-likeness (QED) is 0.238. The van der Waals surface area contributed by atoms with Crippen LogP contribution in [0.4, 0.5) is 10.5 Å². The molecule has 10 nitrogen and oxygen atoms in total. The number of hydrogen-bond donors (Lipinski definition) is 1. The number of nitro groups is 1. The van der Waals surface area contributed by atoms with E-state index in [9.17, 15) is 24.5 Å². The molecular weight excluding hydrogens is 522 g/mol. The van der Waals surface area contributed by atoms with Crippen LogP contribution in [0.2, 0.25) is 0 Å². The standard InChI is InChI=1S/C24H22BrN3O7/c1-34-20-11-15(10-18-22(29)26-24(31)27(23(18)30)16-6-2-3-7-16)19(25)12-21(20)35-13-14-5-4-8-17(9-14)28(32)33/h4-5,8-12,16H,2-3,6-7,13H2,1H3,(H,26,29,31)/b18-10+. The topological polar surface area (TPSA) is 128 Å². The molecule has 2 aromatic rings. The van der Waals surface area contributed by atoms with Gasteiger partial charge in [0, 0.05) is 22.6 Å². The van der Waals surface area contributed by atoms with Crippen LogP contribution in [0.25, 0.3) is 6.08 Å². The largest absolute Gasteiger partial charge is 0.493 e. The third-order valence-electron chi connectivity index (χ3n) is 5.92. The molecule has 0 spiro atoms. The molecule has 1 N–H and O–H groups in total. The van der Waals surface area contributed by atoms with Gasteiger partial charge in [-0.3, -0.25) is 29.9 Å². The van der Waals surface area contributed by atoms with E-state index in [4.69, 9.17) is 9.47 Å². The average molecular weight is 544 g/mol. The first-order valence-electron chi connectivity index (χ1n) is 10.9. The minimum Gasteiger partial charge on any atom is -0.493 e. The second-order valence-electron chi connectivity index (χ2n) is 8.17. The highest BCUT2D eigenvalue weighted by molar-refractivity contribution is 9.10. The predicted molar refractivity (Wildman–Crippen MR) is 129 cm³/mol. The van der Waals surface area contributed by atoms with E-state index in [1.165, 1.54) is 25.3 Å². The van der Waals surface area contributed by atoms with E-state index in [-0.39, 0.29) is 23.9 Å². The van der Waals surface area contributed by atoms with E-state index >= 15 is 0 Å². The molecule has 4 amide bonds. The Balaban J connectivity index is 1.59. The number of carbonyl (C=O) groups excluding carboxylic acids is 3. The van der Waals surface area contributed by atoms with Crippen LogP contribution in [0, 0.1) is 10.1 Å². The molecule has 1 aliphatic heterocycles. The lowest BCUT2D eigenvalue weighted by molar-refractivity contribution is -0.384. The average Bonchev–Trinajstić information content (AvgIpc) is 3.35. The fourth-order valence-corrected chi connectivity index (χ4v) is 4.61. The molecule has 0 radical (unpaired) electrons. The van der Waals surface area contributed by atoms with Crippen LogP contribution in [-0.4, -0.2) is 40.8 Å². The van der Waals surface area contributed by atoms with Crippen molar-refractivity contribution in [3.05, 3.63) is 67.7 Å². The first-order chi connectivity index (χ1) is 16.8. The maximum atomic E-state index is 13.1. The second-order valence-corrected chi connectivity index (χ2v) is 9.03. The molecule has 0 aromatic heterocycles. The number of nitrogens with zero attached hydrogens (tertiary/aromatic N) is 2. The van der Waals surface area contributed by atoms with Crippen molar-refractivity contribution in [3.8, 4) is 11.5 Å². The van der Waals surface area contributed by atoms with E-state index in [2.05, 4.69) is 21.2 Å². The van der Waals surface area contributed by atoms with Crippen LogP contribution in [-0.2, 0) is 16.2 Å².